The number of nitrogens with one attached hydrogen (secondary N) is 1. The summed E-state index contributed by atoms with van der Waals surface area (Å²) in [5, 5.41) is 25.6. The number of H-pyrrole nitrogens is 1. The Balaban J connectivity index is 1.45. The van der Waals surface area contributed by atoms with E-state index in [0.29, 0.717) is 18.7 Å². The molecule has 1 fully saturated rings. The summed E-state index contributed by atoms with van der Waals surface area (Å²) >= 11 is 0. The zero-order valence-electron chi connectivity index (χ0n) is 13.3. The van der Waals surface area contributed by atoms with Gasteiger partial charge in [0, 0.05) is 25.5 Å². The van der Waals surface area contributed by atoms with E-state index >= 15 is 0 Å². The third-order valence-corrected chi connectivity index (χ3v) is 4.55. The molecule has 4 rings (SSSR count). The molecular weight excluding hydrogens is 304 g/mol. The summed E-state index contributed by atoms with van der Waals surface area (Å²) in [5.41, 5.74) is 1.97. The lowest BCUT2D eigenvalue weighted by atomic mass is 9.90. The van der Waals surface area contributed by atoms with Crippen molar-refractivity contribution in [1.29, 1.82) is 0 Å². The van der Waals surface area contributed by atoms with Gasteiger partial charge in [-0.2, -0.15) is 20.5 Å². The Hall–Kier alpha value is -2.51. The van der Waals surface area contributed by atoms with Gasteiger partial charge in [0.15, 0.2) is 0 Å². The highest BCUT2D eigenvalue weighted by molar-refractivity contribution is 5.33. The van der Waals surface area contributed by atoms with Gasteiger partial charge in [0.25, 0.3) is 0 Å². The Bertz CT molecular complexity index is 768. The average molecular weight is 324 g/mol. The van der Waals surface area contributed by atoms with E-state index < -0.39 is 5.60 Å². The highest BCUT2D eigenvalue weighted by Crippen LogP contribution is 2.30. The average Bonchev–Trinajstić information content (AvgIpc) is 3.30. The van der Waals surface area contributed by atoms with Crippen molar-refractivity contribution >= 4 is 0 Å². The number of nitrogens with zero attached hydrogens (tertiary/aromatic N) is 5. The lowest BCUT2D eigenvalue weighted by molar-refractivity contribution is -0.0414. The second kappa shape index (κ2) is 6.18. The van der Waals surface area contributed by atoms with Crippen LogP contribution in [-0.4, -0.2) is 48.3 Å². The maximum absolute atomic E-state index is 10.9. The topological polar surface area (TPSA) is 82.9 Å². The quantitative estimate of drug-likeness (QED) is 0.759. The fraction of sp³-hybridized carbons (Fsp3) is 0.353. The molecular formula is C17H20N6O. The first-order chi connectivity index (χ1) is 11.7. The van der Waals surface area contributed by atoms with Gasteiger partial charge in [-0.3, -0.25) is 4.90 Å². The molecule has 1 atom stereocenters. The molecule has 7 heteroatoms. The van der Waals surface area contributed by atoms with E-state index in [1.807, 2.05) is 16.9 Å². The first-order valence-electron chi connectivity index (χ1n) is 8.13. The minimum Gasteiger partial charge on any atom is -0.382 e. The number of aromatic nitrogens is 5. The van der Waals surface area contributed by atoms with Gasteiger partial charge in [-0.25, -0.2) is 4.68 Å². The van der Waals surface area contributed by atoms with Crippen LogP contribution in [0.3, 0.4) is 0 Å². The van der Waals surface area contributed by atoms with Crippen molar-refractivity contribution < 1.29 is 5.11 Å². The molecule has 24 heavy (non-hydrogen) atoms. The summed E-state index contributed by atoms with van der Waals surface area (Å²) in [4.78, 5) is 2.26. The maximum atomic E-state index is 10.9. The van der Waals surface area contributed by atoms with E-state index in [1.54, 1.807) is 12.4 Å². The zero-order valence-corrected chi connectivity index (χ0v) is 13.3. The van der Waals surface area contributed by atoms with Crippen molar-refractivity contribution in [2.24, 2.45) is 0 Å². The first kappa shape index (κ1) is 15.0. The maximum Gasteiger partial charge on any atom is 0.123 e. The fourth-order valence-electron chi connectivity index (χ4n) is 3.33. The van der Waals surface area contributed by atoms with Crippen LogP contribution in [0, 0.1) is 0 Å². The summed E-state index contributed by atoms with van der Waals surface area (Å²) in [6, 6.07) is 10.3. The number of rotatable bonds is 4. The molecule has 0 radical (unpaired) electrons. The standard InChI is InChI=1S/C17H20N6O/c24-17(16-11-18-21-20-16)7-1-9-22(13-17)12-14-3-5-15(6-4-14)23-10-2-8-19-23/h2-6,8,10-11,24H,1,7,9,12-13H2,(H,18,20,21). The molecule has 0 saturated carbocycles. The zero-order chi connectivity index (χ0) is 16.4. The van der Waals surface area contributed by atoms with Gasteiger partial charge in [0.2, 0.25) is 0 Å². The normalized spacial score (nSPS) is 21.9. The van der Waals surface area contributed by atoms with E-state index in [9.17, 15) is 5.11 Å². The minimum atomic E-state index is -0.916. The molecule has 7 nitrogen and oxygen atoms in total. The van der Waals surface area contributed by atoms with Gasteiger partial charge in [0.1, 0.15) is 11.3 Å². The number of β-amino-alcohol motifs (C(OH)–C–C–N with tert-alkyl or cyclic N) is 1. The lowest BCUT2D eigenvalue weighted by Gasteiger charge is -2.38. The number of benzene rings is 1. The predicted octanol–water partition coefficient (Wildman–Crippen LogP) is 1.47. The summed E-state index contributed by atoms with van der Waals surface area (Å²) in [5.74, 6) is 0. The Kier molecular flexibility index (Phi) is 3.87. The third-order valence-electron chi connectivity index (χ3n) is 4.55. The number of piperidine rings is 1. The minimum absolute atomic E-state index is 0.570. The fourth-order valence-corrected chi connectivity index (χ4v) is 3.33. The highest BCUT2D eigenvalue weighted by Gasteiger charge is 2.37. The van der Waals surface area contributed by atoms with Crippen molar-refractivity contribution in [1.82, 2.24) is 30.1 Å². The van der Waals surface area contributed by atoms with E-state index in [1.165, 1.54) is 5.56 Å². The van der Waals surface area contributed by atoms with Gasteiger partial charge < -0.3 is 5.11 Å². The Morgan fingerprint density at radius 3 is 2.83 bits per heavy atom. The van der Waals surface area contributed by atoms with Crippen molar-refractivity contribution in [3.05, 3.63) is 60.2 Å². The summed E-state index contributed by atoms with van der Waals surface area (Å²) in [6.45, 7) is 2.35. The van der Waals surface area contributed by atoms with Crippen molar-refractivity contribution in [2.45, 2.75) is 25.0 Å². The Labute approximate surface area is 139 Å². The van der Waals surface area contributed by atoms with Crippen LogP contribution in [0.5, 0.6) is 0 Å². The van der Waals surface area contributed by atoms with Crippen LogP contribution in [0.1, 0.15) is 24.1 Å². The van der Waals surface area contributed by atoms with Crippen molar-refractivity contribution in [2.75, 3.05) is 13.1 Å². The van der Waals surface area contributed by atoms with Gasteiger partial charge in [-0.1, -0.05) is 12.1 Å². The van der Waals surface area contributed by atoms with Crippen LogP contribution in [0.2, 0.25) is 0 Å². The van der Waals surface area contributed by atoms with E-state index in [4.69, 9.17) is 0 Å². The third kappa shape index (κ3) is 2.95. The predicted molar refractivity (Wildman–Crippen MR) is 88.4 cm³/mol. The number of likely N-dealkylation sites (tertiary alicyclic amines) is 1. The summed E-state index contributed by atoms with van der Waals surface area (Å²) in [7, 11) is 0. The monoisotopic (exact) mass is 324 g/mol. The van der Waals surface area contributed by atoms with Gasteiger partial charge in [-0.05, 0) is 43.1 Å². The van der Waals surface area contributed by atoms with E-state index in [2.05, 4.69) is 49.7 Å². The van der Waals surface area contributed by atoms with Crippen LogP contribution in [0.4, 0.5) is 0 Å². The number of aliphatic hydroxyl groups is 1. The Morgan fingerprint density at radius 2 is 2.12 bits per heavy atom. The van der Waals surface area contributed by atoms with Crippen molar-refractivity contribution in [3.63, 3.8) is 0 Å². The second-order valence-corrected chi connectivity index (χ2v) is 6.32. The van der Waals surface area contributed by atoms with Gasteiger partial charge in [0.05, 0.1) is 11.9 Å². The highest BCUT2D eigenvalue weighted by atomic mass is 16.3. The molecule has 1 saturated heterocycles. The number of hydrogen-bond acceptors (Lipinski definition) is 5. The van der Waals surface area contributed by atoms with Gasteiger partial charge >= 0.3 is 0 Å². The van der Waals surface area contributed by atoms with E-state index in [-0.39, 0.29) is 0 Å². The molecule has 2 aromatic heterocycles. The molecule has 3 heterocycles. The molecule has 0 bridgehead atoms. The van der Waals surface area contributed by atoms with Crippen molar-refractivity contribution in [3.8, 4) is 5.69 Å². The van der Waals surface area contributed by atoms with Crippen LogP contribution in [0.25, 0.3) is 5.69 Å². The number of hydrogen-bond donors (Lipinski definition) is 2. The lowest BCUT2D eigenvalue weighted by Crippen LogP contribution is -2.45. The molecule has 1 unspecified atom stereocenters. The Morgan fingerprint density at radius 1 is 1.25 bits per heavy atom. The number of aromatic amines is 1. The molecule has 1 aromatic carbocycles. The van der Waals surface area contributed by atoms with Crippen LogP contribution >= 0.6 is 0 Å². The van der Waals surface area contributed by atoms with Crippen LogP contribution < -0.4 is 0 Å². The van der Waals surface area contributed by atoms with Crippen LogP contribution in [0.15, 0.2) is 48.9 Å². The van der Waals surface area contributed by atoms with Crippen LogP contribution in [-0.2, 0) is 12.1 Å². The van der Waals surface area contributed by atoms with Gasteiger partial charge in [-0.15, -0.1) is 0 Å². The first-order valence-corrected chi connectivity index (χ1v) is 8.13. The largest absolute Gasteiger partial charge is 0.382 e. The molecule has 3 aromatic rings. The SMILES string of the molecule is OC1(c2cn[nH]n2)CCCN(Cc2ccc(-n3cccn3)cc2)C1. The molecule has 1 aliphatic heterocycles. The van der Waals surface area contributed by atoms with E-state index in [0.717, 1.165) is 25.2 Å². The summed E-state index contributed by atoms with van der Waals surface area (Å²) in [6.07, 6.45) is 6.97. The smallest absolute Gasteiger partial charge is 0.123 e. The molecule has 0 amide bonds. The molecule has 2 N–H and O–H groups in total. The second-order valence-electron chi connectivity index (χ2n) is 6.32. The molecule has 0 spiro atoms. The molecule has 0 aliphatic carbocycles. The summed E-state index contributed by atoms with van der Waals surface area (Å²) < 4.78 is 1.84. The molecule has 1 aliphatic rings. The molecule has 124 valence electrons.